The standard InChI is InChI=1S/C12H18O3/c1-8-3-4-9(7-10(8)13)12(2)6-5-11(14)15-12/h3,9-10,13H,4-7H2,1-2H3. The van der Waals surface area contributed by atoms with Crippen molar-refractivity contribution in [3.8, 4) is 0 Å². The Kier molecular flexibility index (Phi) is 2.59. The van der Waals surface area contributed by atoms with Crippen molar-refractivity contribution in [2.75, 3.05) is 0 Å². The number of carbonyl (C=O) groups excluding carboxylic acids is 1. The molecule has 0 aromatic rings. The maximum Gasteiger partial charge on any atom is 0.306 e. The zero-order valence-corrected chi connectivity index (χ0v) is 9.32. The average Bonchev–Trinajstić information content (AvgIpc) is 2.52. The van der Waals surface area contributed by atoms with Crippen LogP contribution in [-0.4, -0.2) is 22.8 Å². The molecule has 1 heterocycles. The van der Waals surface area contributed by atoms with Crippen molar-refractivity contribution in [1.29, 1.82) is 0 Å². The Labute approximate surface area is 90.1 Å². The van der Waals surface area contributed by atoms with E-state index in [-0.39, 0.29) is 23.6 Å². The van der Waals surface area contributed by atoms with Gasteiger partial charge in [0.1, 0.15) is 5.60 Å². The molecule has 3 unspecified atom stereocenters. The average molecular weight is 210 g/mol. The molecule has 0 amide bonds. The lowest BCUT2D eigenvalue weighted by atomic mass is 9.76. The second-order valence-electron chi connectivity index (χ2n) is 4.92. The minimum Gasteiger partial charge on any atom is -0.459 e. The van der Waals surface area contributed by atoms with Gasteiger partial charge in [-0.05, 0) is 38.7 Å². The van der Waals surface area contributed by atoms with Crippen LogP contribution in [0, 0.1) is 5.92 Å². The molecule has 1 aliphatic carbocycles. The zero-order valence-electron chi connectivity index (χ0n) is 9.32. The van der Waals surface area contributed by atoms with E-state index < -0.39 is 0 Å². The molecule has 1 N–H and O–H groups in total. The highest BCUT2D eigenvalue weighted by molar-refractivity contribution is 5.72. The van der Waals surface area contributed by atoms with Crippen LogP contribution in [0.5, 0.6) is 0 Å². The number of cyclic esters (lactones) is 1. The molecule has 2 aliphatic rings. The first-order chi connectivity index (χ1) is 7.01. The van der Waals surface area contributed by atoms with Crippen LogP contribution in [0.3, 0.4) is 0 Å². The molecule has 1 aliphatic heterocycles. The summed E-state index contributed by atoms with van der Waals surface area (Å²) < 4.78 is 5.39. The molecule has 0 aromatic heterocycles. The van der Waals surface area contributed by atoms with Gasteiger partial charge in [-0.25, -0.2) is 0 Å². The van der Waals surface area contributed by atoms with Gasteiger partial charge >= 0.3 is 5.97 Å². The number of carbonyl (C=O) groups is 1. The molecule has 3 nitrogen and oxygen atoms in total. The van der Waals surface area contributed by atoms with Gasteiger partial charge in [0.15, 0.2) is 0 Å². The molecule has 0 spiro atoms. The van der Waals surface area contributed by atoms with Crippen molar-refractivity contribution in [2.24, 2.45) is 5.92 Å². The topological polar surface area (TPSA) is 46.5 Å². The Morgan fingerprint density at radius 3 is 2.87 bits per heavy atom. The summed E-state index contributed by atoms with van der Waals surface area (Å²) in [5, 5.41) is 9.78. The van der Waals surface area contributed by atoms with Crippen LogP contribution in [0.25, 0.3) is 0 Å². The summed E-state index contributed by atoms with van der Waals surface area (Å²) in [6.07, 6.45) is 4.64. The van der Waals surface area contributed by atoms with E-state index in [9.17, 15) is 9.90 Å². The third kappa shape index (κ3) is 1.93. The molecule has 3 heteroatoms. The van der Waals surface area contributed by atoms with Crippen molar-refractivity contribution in [2.45, 2.75) is 51.2 Å². The van der Waals surface area contributed by atoms with Gasteiger partial charge in [-0.2, -0.15) is 0 Å². The van der Waals surface area contributed by atoms with Crippen LogP contribution in [-0.2, 0) is 9.53 Å². The maximum absolute atomic E-state index is 11.1. The van der Waals surface area contributed by atoms with E-state index in [0.717, 1.165) is 18.4 Å². The molecule has 0 aromatic carbocycles. The van der Waals surface area contributed by atoms with E-state index in [1.54, 1.807) is 0 Å². The quantitative estimate of drug-likeness (QED) is 0.530. The van der Waals surface area contributed by atoms with Gasteiger partial charge in [-0.15, -0.1) is 0 Å². The Morgan fingerprint density at radius 2 is 2.33 bits per heavy atom. The first-order valence-corrected chi connectivity index (χ1v) is 5.58. The first kappa shape index (κ1) is 10.7. The highest BCUT2D eigenvalue weighted by atomic mass is 16.6. The van der Waals surface area contributed by atoms with Crippen molar-refractivity contribution in [3.05, 3.63) is 11.6 Å². The van der Waals surface area contributed by atoms with Gasteiger partial charge in [0.2, 0.25) is 0 Å². The highest BCUT2D eigenvalue weighted by Gasteiger charge is 2.43. The fraction of sp³-hybridized carbons (Fsp3) is 0.750. The van der Waals surface area contributed by atoms with E-state index >= 15 is 0 Å². The lowest BCUT2D eigenvalue weighted by molar-refractivity contribution is -0.152. The monoisotopic (exact) mass is 210 g/mol. The fourth-order valence-electron chi connectivity index (χ4n) is 2.51. The summed E-state index contributed by atoms with van der Waals surface area (Å²) in [6, 6.07) is 0. The molecule has 1 fully saturated rings. The van der Waals surface area contributed by atoms with E-state index in [2.05, 4.69) is 6.08 Å². The van der Waals surface area contributed by atoms with E-state index in [4.69, 9.17) is 4.74 Å². The van der Waals surface area contributed by atoms with Gasteiger partial charge in [0.05, 0.1) is 6.10 Å². The number of aliphatic hydroxyl groups is 1. The van der Waals surface area contributed by atoms with Gasteiger partial charge < -0.3 is 9.84 Å². The van der Waals surface area contributed by atoms with Gasteiger partial charge in [0.25, 0.3) is 0 Å². The van der Waals surface area contributed by atoms with Crippen LogP contribution in [0.15, 0.2) is 11.6 Å². The summed E-state index contributed by atoms with van der Waals surface area (Å²) in [7, 11) is 0. The molecule has 0 radical (unpaired) electrons. The van der Waals surface area contributed by atoms with Crippen LogP contribution < -0.4 is 0 Å². The number of esters is 1. The Hall–Kier alpha value is -0.830. The Bertz CT molecular complexity index is 308. The van der Waals surface area contributed by atoms with Crippen molar-refractivity contribution < 1.29 is 14.6 Å². The lowest BCUT2D eigenvalue weighted by Gasteiger charge is -2.36. The predicted molar refractivity (Wildman–Crippen MR) is 56.2 cm³/mol. The number of ether oxygens (including phenoxy) is 1. The minimum absolute atomic E-state index is 0.0988. The number of hydrogen-bond acceptors (Lipinski definition) is 3. The lowest BCUT2D eigenvalue weighted by Crippen LogP contribution is -2.38. The van der Waals surface area contributed by atoms with Crippen LogP contribution in [0.2, 0.25) is 0 Å². The summed E-state index contributed by atoms with van der Waals surface area (Å²) >= 11 is 0. The number of rotatable bonds is 1. The van der Waals surface area contributed by atoms with Gasteiger partial charge in [-0.1, -0.05) is 6.08 Å². The third-order valence-corrected chi connectivity index (χ3v) is 3.79. The normalized spacial score (nSPS) is 41.3. The maximum atomic E-state index is 11.1. The Balaban J connectivity index is 2.09. The molecule has 2 rings (SSSR count). The Morgan fingerprint density at radius 1 is 1.60 bits per heavy atom. The van der Waals surface area contributed by atoms with E-state index in [1.165, 1.54) is 0 Å². The minimum atomic E-state index is -0.361. The number of hydrogen-bond donors (Lipinski definition) is 1. The molecule has 84 valence electrons. The third-order valence-electron chi connectivity index (χ3n) is 3.79. The van der Waals surface area contributed by atoms with E-state index in [1.807, 2.05) is 13.8 Å². The second kappa shape index (κ2) is 3.63. The van der Waals surface area contributed by atoms with E-state index in [0.29, 0.717) is 12.8 Å². The molecular formula is C12H18O3. The van der Waals surface area contributed by atoms with Crippen molar-refractivity contribution >= 4 is 5.97 Å². The summed E-state index contributed by atoms with van der Waals surface area (Å²) in [4.78, 5) is 11.1. The molecular weight excluding hydrogens is 192 g/mol. The van der Waals surface area contributed by atoms with Crippen molar-refractivity contribution in [1.82, 2.24) is 0 Å². The highest BCUT2D eigenvalue weighted by Crippen LogP contribution is 2.40. The number of allylic oxidation sites excluding steroid dienone is 1. The predicted octanol–water partition coefficient (Wildman–Crippen LogP) is 1.80. The van der Waals surface area contributed by atoms with Gasteiger partial charge in [-0.3, -0.25) is 4.79 Å². The molecule has 15 heavy (non-hydrogen) atoms. The van der Waals surface area contributed by atoms with Gasteiger partial charge in [0, 0.05) is 12.3 Å². The second-order valence-corrected chi connectivity index (χ2v) is 4.92. The molecule has 0 saturated carbocycles. The fourth-order valence-corrected chi connectivity index (χ4v) is 2.51. The summed E-state index contributed by atoms with van der Waals surface area (Å²) in [5.74, 6) is 0.168. The smallest absolute Gasteiger partial charge is 0.306 e. The first-order valence-electron chi connectivity index (χ1n) is 5.58. The van der Waals surface area contributed by atoms with Crippen LogP contribution >= 0.6 is 0 Å². The summed E-state index contributed by atoms with van der Waals surface area (Å²) in [5.41, 5.74) is 0.689. The van der Waals surface area contributed by atoms with Crippen LogP contribution in [0.4, 0.5) is 0 Å². The van der Waals surface area contributed by atoms with Crippen LogP contribution in [0.1, 0.15) is 39.5 Å². The largest absolute Gasteiger partial charge is 0.459 e. The SMILES string of the molecule is CC1=CCC(C2(C)CCC(=O)O2)CC1O. The summed E-state index contributed by atoms with van der Waals surface area (Å²) in [6.45, 7) is 3.94. The van der Waals surface area contributed by atoms with Crippen molar-refractivity contribution in [3.63, 3.8) is 0 Å². The molecule has 3 atom stereocenters. The molecule has 0 bridgehead atoms. The number of aliphatic hydroxyl groups excluding tert-OH is 1. The zero-order chi connectivity index (χ0) is 11.1. The molecule has 1 saturated heterocycles.